The molecule has 31 heavy (non-hydrogen) atoms. The molecule has 2 aromatic heterocycles. The number of hydrogen-bond donors (Lipinski definition) is 3. The van der Waals surface area contributed by atoms with Crippen LogP contribution in [-0.4, -0.2) is 45.7 Å². The zero-order valence-electron chi connectivity index (χ0n) is 18.2. The molecule has 10 heteroatoms. The molecule has 3 amide bonds. The number of rotatable bonds is 7. The summed E-state index contributed by atoms with van der Waals surface area (Å²) >= 11 is 1.26. The van der Waals surface area contributed by atoms with E-state index in [2.05, 4.69) is 27.0 Å². The summed E-state index contributed by atoms with van der Waals surface area (Å²) in [6.45, 7) is 8.36. The number of carbonyl (C=O) groups is 3. The van der Waals surface area contributed by atoms with Crippen molar-refractivity contribution in [2.24, 2.45) is 11.3 Å². The highest BCUT2D eigenvalue weighted by atomic mass is 32.1. The highest BCUT2D eigenvalue weighted by Gasteiger charge is 2.32. The monoisotopic (exact) mass is 444 g/mol. The smallest absolute Gasteiger partial charge is 0.263 e. The number of nitriles is 1. The summed E-state index contributed by atoms with van der Waals surface area (Å²) < 4.78 is 1.83. The van der Waals surface area contributed by atoms with Gasteiger partial charge in [-0.25, -0.2) is 4.98 Å². The predicted molar refractivity (Wildman–Crippen MR) is 116 cm³/mol. The lowest BCUT2D eigenvalue weighted by Gasteiger charge is -2.27. The van der Waals surface area contributed by atoms with E-state index in [0.29, 0.717) is 29.2 Å². The summed E-state index contributed by atoms with van der Waals surface area (Å²) in [4.78, 5) is 43.2. The topological polar surface area (TPSA) is 128 Å². The average molecular weight is 445 g/mol. The van der Waals surface area contributed by atoms with E-state index in [1.165, 1.54) is 11.3 Å². The van der Waals surface area contributed by atoms with Crippen LogP contribution in [0, 0.1) is 29.6 Å². The van der Waals surface area contributed by atoms with Crippen LogP contribution < -0.4 is 16.0 Å². The number of nitrogens with zero attached hydrogens (tertiary/aromatic N) is 3. The third-order valence-corrected chi connectivity index (χ3v) is 6.46. The van der Waals surface area contributed by atoms with Gasteiger partial charge in [0.25, 0.3) is 5.91 Å². The molecule has 1 fully saturated rings. The Labute approximate surface area is 185 Å². The van der Waals surface area contributed by atoms with Gasteiger partial charge in [0.15, 0.2) is 4.96 Å². The Morgan fingerprint density at radius 3 is 2.74 bits per heavy atom. The van der Waals surface area contributed by atoms with Gasteiger partial charge in [0.2, 0.25) is 11.8 Å². The molecule has 3 rings (SSSR count). The number of thiazole rings is 1. The summed E-state index contributed by atoms with van der Waals surface area (Å²) in [6, 6.07) is 0.463. The molecule has 0 aromatic carbocycles. The number of aryl methyl sites for hydroxylation is 1. The third kappa shape index (κ3) is 5.41. The van der Waals surface area contributed by atoms with E-state index in [1.807, 2.05) is 32.1 Å². The van der Waals surface area contributed by atoms with Gasteiger partial charge in [-0.05, 0) is 31.6 Å². The van der Waals surface area contributed by atoms with Gasteiger partial charge in [-0.3, -0.25) is 18.8 Å². The minimum atomic E-state index is -0.811. The van der Waals surface area contributed by atoms with Crippen LogP contribution in [0.5, 0.6) is 0 Å². The van der Waals surface area contributed by atoms with Crippen LogP contribution in [0.3, 0.4) is 0 Å². The maximum atomic E-state index is 13.0. The second-order valence-electron chi connectivity index (χ2n) is 9.09. The maximum Gasteiger partial charge on any atom is 0.263 e. The van der Waals surface area contributed by atoms with Gasteiger partial charge < -0.3 is 16.0 Å². The van der Waals surface area contributed by atoms with Gasteiger partial charge in [0.1, 0.15) is 17.0 Å². The van der Waals surface area contributed by atoms with Crippen molar-refractivity contribution in [3.8, 4) is 6.07 Å². The Bertz CT molecular complexity index is 1030. The first-order valence-corrected chi connectivity index (χ1v) is 11.1. The van der Waals surface area contributed by atoms with Crippen LogP contribution in [0.4, 0.5) is 0 Å². The predicted octanol–water partition coefficient (Wildman–Crippen LogP) is 1.77. The zero-order valence-corrected chi connectivity index (χ0v) is 19.0. The summed E-state index contributed by atoms with van der Waals surface area (Å²) in [5.74, 6) is -1.15. The van der Waals surface area contributed by atoms with Crippen molar-refractivity contribution >= 4 is 34.0 Å². The van der Waals surface area contributed by atoms with E-state index >= 15 is 0 Å². The molecule has 0 bridgehead atoms. The zero-order chi connectivity index (χ0) is 22.8. The average Bonchev–Trinajstić information content (AvgIpc) is 3.38. The Balaban J connectivity index is 1.72. The molecular weight excluding hydrogens is 416 g/mol. The van der Waals surface area contributed by atoms with E-state index in [4.69, 9.17) is 0 Å². The number of imidazole rings is 1. The molecule has 1 saturated heterocycles. The number of fused-ring (bicyclic) bond motifs is 1. The number of nitrogens with one attached hydrogen (secondary N) is 3. The fraction of sp³-hybridized carbons (Fsp3) is 0.571. The molecule has 2 aromatic rings. The van der Waals surface area contributed by atoms with Crippen molar-refractivity contribution in [1.82, 2.24) is 25.3 Å². The molecular formula is C21H28N6O3S. The lowest BCUT2D eigenvalue weighted by molar-refractivity contribution is -0.125. The van der Waals surface area contributed by atoms with Crippen molar-refractivity contribution in [2.45, 2.75) is 59.0 Å². The van der Waals surface area contributed by atoms with Crippen LogP contribution in [-0.2, 0) is 9.59 Å². The summed E-state index contributed by atoms with van der Waals surface area (Å²) in [5.41, 5.74) is 0.522. The van der Waals surface area contributed by atoms with Crippen molar-refractivity contribution < 1.29 is 14.4 Å². The molecule has 3 heterocycles. The van der Waals surface area contributed by atoms with Gasteiger partial charge in [-0.1, -0.05) is 32.1 Å². The second kappa shape index (κ2) is 9.06. The third-order valence-electron chi connectivity index (χ3n) is 5.29. The van der Waals surface area contributed by atoms with Crippen molar-refractivity contribution in [2.75, 3.05) is 6.54 Å². The summed E-state index contributed by atoms with van der Waals surface area (Å²) in [6.07, 6.45) is 4.76. The van der Waals surface area contributed by atoms with Crippen molar-refractivity contribution in [3.63, 3.8) is 0 Å². The van der Waals surface area contributed by atoms with Crippen LogP contribution in [0.2, 0.25) is 0 Å². The minimum absolute atomic E-state index is 0.0905. The summed E-state index contributed by atoms with van der Waals surface area (Å²) in [5, 5.41) is 17.8. The molecule has 0 saturated carbocycles. The fourth-order valence-electron chi connectivity index (χ4n) is 3.72. The second-order valence-corrected chi connectivity index (χ2v) is 10.1. The van der Waals surface area contributed by atoms with E-state index in [9.17, 15) is 19.6 Å². The molecule has 166 valence electrons. The fourth-order valence-corrected chi connectivity index (χ4v) is 4.71. The lowest BCUT2D eigenvalue weighted by Crippen LogP contribution is -2.51. The van der Waals surface area contributed by atoms with Gasteiger partial charge in [-0.15, -0.1) is 0 Å². The largest absolute Gasteiger partial charge is 0.356 e. The Kier molecular flexibility index (Phi) is 6.65. The molecule has 0 spiro atoms. The van der Waals surface area contributed by atoms with Gasteiger partial charge >= 0.3 is 0 Å². The summed E-state index contributed by atoms with van der Waals surface area (Å²) in [7, 11) is 0. The number of hydrogen-bond acceptors (Lipinski definition) is 6. The number of carbonyl (C=O) groups excluding carboxylic acids is 3. The van der Waals surface area contributed by atoms with E-state index in [0.717, 1.165) is 5.69 Å². The maximum absolute atomic E-state index is 13.0. The molecule has 0 unspecified atom stereocenters. The van der Waals surface area contributed by atoms with Crippen molar-refractivity contribution in [3.05, 3.63) is 23.0 Å². The first-order valence-electron chi connectivity index (χ1n) is 10.3. The van der Waals surface area contributed by atoms with Gasteiger partial charge in [0.05, 0.1) is 6.07 Å². The number of amides is 3. The van der Waals surface area contributed by atoms with Crippen LogP contribution in [0.1, 0.15) is 55.4 Å². The molecule has 1 aliphatic heterocycles. The lowest BCUT2D eigenvalue weighted by atomic mass is 9.87. The standard InChI is InChI=1S/C21H28N6O3S/c1-12-16(31-20-24-7-8-27(12)20)19(30)26-15(10-21(2,3)4)18(29)25-14(11-22)9-13-5-6-23-17(13)28/h7-8,13-15H,5-6,9-10H2,1-4H3,(H,23,28)(H,25,29)(H,26,30)/t13-,14-,15-/m0/s1. The molecule has 3 N–H and O–H groups in total. The van der Waals surface area contributed by atoms with E-state index in [-0.39, 0.29) is 29.6 Å². The SMILES string of the molecule is Cc1c(C(=O)N[C@@H](CC(C)(C)C)C(=O)N[C@H](C#N)C[C@@H]2CCNC2=O)sc2nccn12. The first kappa shape index (κ1) is 22.7. The van der Waals surface area contributed by atoms with Crippen molar-refractivity contribution in [1.29, 1.82) is 5.26 Å². The van der Waals surface area contributed by atoms with E-state index < -0.39 is 18.0 Å². The van der Waals surface area contributed by atoms with Crippen LogP contribution in [0.25, 0.3) is 4.96 Å². The molecule has 1 aliphatic rings. The molecule has 0 aliphatic carbocycles. The Morgan fingerprint density at radius 2 is 2.16 bits per heavy atom. The molecule has 0 radical (unpaired) electrons. The molecule has 9 nitrogen and oxygen atoms in total. The quantitative estimate of drug-likeness (QED) is 0.600. The number of aromatic nitrogens is 2. The van der Waals surface area contributed by atoms with E-state index in [1.54, 1.807) is 12.4 Å². The highest BCUT2D eigenvalue weighted by Crippen LogP contribution is 2.24. The Morgan fingerprint density at radius 1 is 1.42 bits per heavy atom. The molecule has 3 atom stereocenters. The highest BCUT2D eigenvalue weighted by molar-refractivity contribution is 7.19. The normalized spacial score (nSPS) is 18.3. The Hall–Kier alpha value is -2.93. The van der Waals surface area contributed by atoms with Gasteiger partial charge in [0, 0.05) is 30.6 Å². The van der Waals surface area contributed by atoms with Crippen LogP contribution in [0.15, 0.2) is 12.4 Å². The minimum Gasteiger partial charge on any atom is -0.356 e. The first-order chi connectivity index (χ1) is 14.6. The van der Waals surface area contributed by atoms with Gasteiger partial charge in [-0.2, -0.15) is 5.26 Å². The van der Waals surface area contributed by atoms with Crippen LogP contribution >= 0.6 is 11.3 Å².